The molecule has 262 valence electrons. The van der Waals surface area contributed by atoms with E-state index in [2.05, 4.69) is 15.5 Å². The molecule has 0 radical (unpaired) electrons. The second kappa shape index (κ2) is 16.7. The van der Waals surface area contributed by atoms with Gasteiger partial charge in [0.05, 0.1) is 0 Å². The summed E-state index contributed by atoms with van der Waals surface area (Å²) in [7, 11) is 0. The monoisotopic (exact) mass is 739 g/mol. The molecule has 3 N–H and O–H groups in total. The Labute approximate surface area is 299 Å². The largest absolute Gasteiger partial charge is 0.450 e. The molecule has 5 rings (SSSR count). The number of carbonyl (C=O) groups is 5. The van der Waals surface area contributed by atoms with Crippen molar-refractivity contribution < 1.29 is 43.0 Å². The molecule has 14 nitrogen and oxygen atoms in total. The maximum Gasteiger partial charge on any atom is 0.359 e. The molecule has 2 aliphatic heterocycles. The van der Waals surface area contributed by atoms with Crippen molar-refractivity contribution in [3.63, 3.8) is 0 Å². The Kier molecular flexibility index (Phi) is 12.2. The molecular formula is C33H33N5O9S3. The first-order valence-electron chi connectivity index (χ1n) is 15.2. The van der Waals surface area contributed by atoms with Crippen LogP contribution in [0.4, 0.5) is 5.13 Å². The van der Waals surface area contributed by atoms with Crippen LogP contribution in [0, 0.1) is 0 Å². The molecule has 2 aliphatic rings. The van der Waals surface area contributed by atoms with Gasteiger partial charge in [0.1, 0.15) is 22.8 Å². The number of rotatable bonds is 14. The van der Waals surface area contributed by atoms with Crippen LogP contribution in [0.5, 0.6) is 0 Å². The number of nitrogens with two attached hydrogens (primary N) is 1. The fourth-order valence-corrected chi connectivity index (χ4v) is 7.74. The molecule has 2 aromatic carbocycles. The van der Waals surface area contributed by atoms with E-state index < -0.39 is 60.1 Å². The molecule has 0 saturated carbocycles. The van der Waals surface area contributed by atoms with Crippen molar-refractivity contribution in [2.75, 3.05) is 24.3 Å². The van der Waals surface area contributed by atoms with E-state index in [0.29, 0.717) is 10.7 Å². The molecule has 2 amide bonds. The average molecular weight is 740 g/mol. The topological polar surface area (TPSA) is 189 Å². The first-order valence-corrected chi connectivity index (χ1v) is 18.4. The van der Waals surface area contributed by atoms with Crippen LogP contribution in [0.15, 0.2) is 81.8 Å². The third-order valence-electron chi connectivity index (χ3n) is 7.29. The summed E-state index contributed by atoms with van der Waals surface area (Å²) in [5, 5.41) is 7.54. The highest BCUT2D eigenvalue weighted by Crippen LogP contribution is 2.43. The quantitative estimate of drug-likeness (QED) is 0.0803. The maximum absolute atomic E-state index is 13.6. The van der Waals surface area contributed by atoms with Crippen molar-refractivity contribution >= 4 is 75.4 Å². The standard InChI is InChI=1S/C33H33N5O9S3/c1-4-23(39)45-18(2)46-32(43)27-22(48-3)17-49-31-26(30(42)38(27)31)36-29(41)25(21-16-50-33(34)35-21)37-44-15-24(40)47-28(19-11-7-5-8-12-19)20-13-9-6-10-14-20/h5-14,16,18,26,28,31H,4,15,17H2,1-3H3,(H2,34,35)(H,36,41)/b37-25-/t18?,26?,31-/m1/s1. The number of anilines is 1. The smallest absolute Gasteiger partial charge is 0.359 e. The van der Waals surface area contributed by atoms with Gasteiger partial charge in [-0.1, -0.05) is 72.7 Å². The van der Waals surface area contributed by atoms with E-state index in [-0.39, 0.29) is 28.7 Å². The fourth-order valence-electron chi connectivity index (χ4n) is 4.95. The van der Waals surface area contributed by atoms with Crippen molar-refractivity contribution in [3.05, 3.63) is 93.5 Å². The van der Waals surface area contributed by atoms with Gasteiger partial charge in [0.15, 0.2) is 16.9 Å². The number of nitrogens with zero attached hydrogens (tertiary/aromatic N) is 3. The van der Waals surface area contributed by atoms with Crippen LogP contribution in [-0.4, -0.2) is 81.6 Å². The summed E-state index contributed by atoms with van der Waals surface area (Å²) in [6.07, 6.45) is -0.0246. The number of carbonyl (C=O) groups excluding carboxylic acids is 5. The van der Waals surface area contributed by atoms with Crippen molar-refractivity contribution in [2.24, 2.45) is 5.16 Å². The SMILES string of the molecule is CCC(=O)OC(C)OC(=O)C1=C(SC)CS[C@@H]2C(NC(=O)/C(=N\OCC(=O)OC(c3ccccc3)c3ccccc3)c3csc(N)n3)C(=O)N12. The summed E-state index contributed by atoms with van der Waals surface area (Å²) in [4.78, 5) is 75.9. The number of nitrogens with one attached hydrogen (secondary N) is 1. The highest BCUT2D eigenvalue weighted by atomic mass is 32.2. The van der Waals surface area contributed by atoms with Crippen molar-refractivity contribution in [1.29, 1.82) is 0 Å². The van der Waals surface area contributed by atoms with E-state index in [1.165, 1.54) is 40.7 Å². The van der Waals surface area contributed by atoms with E-state index in [9.17, 15) is 24.0 Å². The number of thiazole rings is 1. The van der Waals surface area contributed by atoms with Gasteiger partial charge in [-0.25, -0.2) is 14.6 Å². The summed E-state index contributed by atoms with van der Waals surface area (Å²) in [5.74, 6) is -3.16. The molecule has 1 fully saturated rings. The summed E-state index contributed by atoms with van der Waals surface area (Å²) in [6, 6.07) is 17.3. The minimum atomic E-state index is -1.17. The zero-order valence-electron chi connectivity index (χ0n) is 27.1. The summed E-state index contributed by atoms with van der Waals surface area (Å²) < 4.78 is 16.1. The average Bonchev–Trinajstić information content (AvgIpc) is 3.56. The molecule has 0 aliphatic carbocycles. The number of ether oxygens (including phenoxy) is 3. The maximum atomic E-state index is 13.6. The molecule has 1 saturated heterocycles. The number of amides is 2. The predicted octanol–water partition coefficient (Wildman–Crippen LogP) is 3.60. The number of aromatic nitrogens is 1. The normalized spacial score (nSPS) is 17.7. The number of benzene rings is 2. The van der Waals surface area contributed by atoms with Gasteiger partial charge in [-0.2, -0.15) is 0 Å². The third kappa shape index (κ3) is 8.46. The molecule has 0 spiro atoms. The van der Waals surface area contributed by atoms with Gasteiger partial charge < -0.3 is 30.1 Å². The Morgan fingerprint density at radius 1 is 1.04 bits per heavy atom. The number of esters is 3. The first-order chi connectivity index (χ1) is 24.1. The van der Waals surface area contributed by atoms with Gasteiger partial charge in [0.2, 0.25) is 12.9 Å². The number of fused-ring (bicyclic) bond motifs is 1. The van der Waals surface area contributed by atoms with Crippen LogP contribution in [0.25, 0.3) is 0 Å². The lowest BCUT2D eigenvalue weighted by atomic mass is 10.0. The van der Waals surface area contributed by atoms with Gasteiger partial charge in [-0.05, 0) is 17.4 Å². The lowest BCUT2D eigenvalue weighted by Gasteiger charge is -2.49. The van der Waals surface area contributed by atoms with Crippen LogP contribution in [0.3, 0.4) is 0 Å². The Hall–Kier alpha value is -4.87. The number of nitrogen functional groups attached to an aromatic ring is 1. The van der Waals surface area contributed by atoms with Crippen LogP contribution < -0.4 is 11.1 Å². The van der Waals surface area contributed by atoms with E-state index in [0.717, 1.165) is 22.5 Å². The zero-order chi connectivity index (χ0) is 35.8. The molecular weight excluding hydrogens is 707 g/mol. The van der Waals surface area contributed by atoms with E-state index >= 15 is 0 Å². The minimum absolute atomic E-state index is 0.0171. The lowest BCUT2D eigenvalue weighted by Crippen LogP contribution is -2.71. The second-order valence-electron chi connectivity index (χ2n) is 10.6. The van der Waals surface area contributed by atoms with E-state index in [1.807, 2.05) is 60.7 Å². The van der Waals surface area contributed by atoms with Crippen LogP contribution in [-0.2, 0) is 43.0 Å². The first kappa shape index (κ1) is 36.4. The number of thioether (sulfide) groups is 2. The number of hydrogen-bond donors (Lipinski definition) is 2. The molecule has 3 atom stereocenters. The molecule has 3 heterocycles. The minimum Gasteiger partial charge on any atom is -0.450 e. The van der Waals surface area contributed by atoms with Gasteiger partial charge in [-0.15, -0.1) is 34.9 Å². The highest BCUT2D eigenvalue weighted by Gasteiger charge is 2.55. The van der Waals surface area contributed by atoms with E-state index in [1.54, 1.807) is 13.2 Å². The second-order valence-corrected chi connectivity index (χ2v) is 13.5. The molecule has 1 aromatic heterocycles. The van der Waals surface area contributed by atoms with Crippen molar-refractivity contribution in [1.82, 2.24) is 15.2 Å². The van der Waals surface area contributed by atoms with Crippen LogP contribution >= 0.6 is 34.9 Å². The molecule has 17 heteroatoms. The summed E-state index contributed by atoms with van der Waals surface area (Å²) in [6.45, 7) is 2.37. The lowest BCUT2D eigenvalue weighted by molar-refractivity contribution is -0.184. The van der Waals surface area contributed by atoms with Gasteiger partial charge >= 0.3 is 17.9 Å². The molecule has 3 aromatic rings. The highest BCUT2D eigenvalue weighted by molar-refractivity contribution is 8.05. The Morgan fingerprint density at radius 3 is 2.28 bits per heavy atom. The third-order valence-corrected chi connectivity index (χ3v) is 10.3. The van der Waals surface area contributed by atoms with Gasteiger partial charge in [0.25, 0.3) is 11.8 Å². The molecule has 2 unspecified atom stereocenters. The summed E-state index contributed by atoms with van der Waals surface area (Å²) >= 11 is 3.67. The number of hydrogen-bond acceptors (Lipinski definition) is 15. The predicted molar refractivity (Wildman–Crippen MR) is 187 cm³/mol. The van der Waals surface area contributed by atoms with Crippen molar-refractivity contribution in [3.8, 4) is 0 Å². The fraction of sp³-hybridized carbons (Fsp3) is 0.303. The Balaban J connectivity index is 1.27. The van der Waals surface area contributed by atoms with Crippen LogP contribution in [0.1, 0.15) is 43.2 Å². The molecule has 0 bridgehead atoms. The van der Waals surface area contributed by atoms with Gasteiger partial charge in [-0.3, -0.25) is 19.3 Å². The molecule has 50 heavy (non-hydrogen) atoms. The Morgan fingerprint density at radius 2 is 1.70 bits per heavy atom. The van der Waals surface area contributed by atoms with Crippen LogP contribution in [0.2, 0.25) is 0 Å². The van der Waals surface area contributed by atoms with Crippen molar-refractivity contribution in [2.45, 2.75) is 44.1 Å². The summed E-state index contributed by atoms with van der Waals surface area (Å²) in [5.41, 5.74) is 7.06. The zero-order valence-corrected chi connectivity index (χ0v) is 29.5. The number of β-lactam (4-membered cyclic amide) rings is 1. The van der Waals surface area contributed by atoms with Gasteiger partial charge in [0, 0.05) is 29.4 Å². The Bertz CT molecular complexity index is 1760. The number of oxime groups is 1. The van der Waals surface area contributed by atoms with E-state index in [4.69, 9.17) is 24.8 Å².